The molecule has 2 atom stereocenters. The summed E-state index contributed by atoms with van der Waals surface area (Å²) in [4.78, 5) is 0. The van der Waals surface area contributed by atoms with E-state index in [-0.39, 0.29) is 5.79 Å². The Bertz CT molecular complexity index is 158. The van der Waals surface area contributed by atoms with Crippen LogP contribution < -0.4 is 0 Å². The van der Waals surface area contributed by atoms with Crippen LogP contribution in [0.5, 0.6) is 0 Å². The lowest BCUT2D eigenvalue weighted by Crippen LogP contribution is -2.41. The normalized spacial score (nSPS) is 33.2. The second kappa shape index (κ2) is 5.72. The number of hydrogen-bond donors (Lipinski definition) is 0. The van der Waals surface area contributed by atoms with Gasteiger partial charge in [-0.05, 0) is 26.7 Å². The molecule has 0 radical (unpaired) electrons. The van der Waals surface area contributed by atoms with Crippen molar-refractivity contribution < 1.29 is 9.47 Å². The SMILES string of the molecule is CCCCCC[C@@]1(C)OCC[C@@H](C)O1. The van der Waals surface area contributed by atoms with Crippen molar-refractivity contribution in [3.63, 3.8) is 0 Å². The van der Waals surface area contributed by atoms with Gasteiger partial charge in [-0.2, -0.15) is 0 Å². The Hall–Kier alpha value is -0.0800. The van der Waals surface area contributed by atoms with Crippen molar-refractivity contribution in [2.45, 2.75) is 71.2 Å². The highest BCUT2D eigenvalue weighted by Crippen LogP contribution is 2.27. The molecule has 1 saturated heterocycles. The van der Waals surface area contributed by atoms with Crippen LogP contribution in [0.25, 0.3) is 0 Å². The molecule has 0 aromatic rings. The van der Waals surface area contributed by atoms with Crippen molar-refractivity contribution in [3.8, 4) is 0 Å². The smallest absolute Gasteiger partial charge is 0.165 e. The molecule has 0 N–H and O–H groups in total. The van der Waals surface area contributed by atoms with Crippen LogP contribution in [0.4, 0.5) is 0 Å². The highest BCUT2D eigenvalue weighted by Gasteiger charge is 2.31. The van der Waals surface area contributed by atoms with Crippen LogP contribution in [0.3, 0.4) is 0 Å². The molecule has 1 aliphatic rings. The van der Waals surface area contributed by atoms with Crippen LogP contribution in [0.2, 0.25) is 0 Å². The second-order valence-corrected chi connectivity index (χ2v) is 4.51. The van der Waals surface area contributed by atoms with Crippen molar-refractivity contribution in [2.24, 2.45) is 0 Å². The van der Waals surface area contributed by atoms with E-state index in [0.29, 0.717) is 6.10 Å². The van der Waals surface area contributed by atoms with Gasteiger partial charge in [-0.1, -0.05) is 26.2 Å². The molecule has 0 amide bonds. The van der Waals surface area contributed by atoms with Gasteiger partial charge in [-0.3, -0.25) is 0 Å². The van der Waals surface area contributed by atoms with E-state index in [1.54, 1.807) is 0 Å². The van der Waals surface area contributed by atoms with Crippen molar-refractivity contribution in [1.29, 1.82) is 0 Å². The third kappa shape index (κ3) is 3.97. The Balaban J connectivity index is 2.19. The summed E-state index contributed by atoms with van der Waals surface area (Å²) in [6.45, 7) is 7.30. The maximum Gasteiger partial charge on any atom is 0.165 e. The van der Waals surface area contributed by atoms with E-state index >= 15 is 0 Å². The minimum atomic E-state index is -0.300. The lowest BCUT2D eigenvalue weighted by atomic mass is 10.1. The molecular formula is C12H24O2. The summed E-state index contributed by atoms with van der Waals surface area (Å²) in [6.07, 6.45) is 7.56. The van der Waals surface area contributed by atoms with Gasteiger partial charge in [0.2, 0.25) is 0 Å². The summed E-state index contributed by atoms with van der Waals surface area (Å²) >= 11 is 0. The fraction of sp³-hybridized carbons (Fsp3) is 1.00. The lowest BCUT2D eigenvalue weighted by Gasteiger charge is -2.37. The van der Waals surface area contributed by atoms with E-state index in [9.17, 15) is 0 Å². The fourth-order valence-corrected chi connectivity index (χ4v) is 1.96. The van der Waals surface area contributed by atoms with E-state index in [0.717, 1.165) is 19.4 Å². The molecule has 84 valence electrons. The Morgan fingerprint density at radius 2 is 2.07 bits per heavy atom. The molecule has 0 aromatic heterocycles. The molecule has 0 aliphatic carbocycles. The molecule has 0 aromatic carbocycles. The standard InChI is InChI=1S/C12H24O2/c1-4-5-6-7-9-12(3)13-10-8-11(2)14-12/h11H,4-10H2,1-3H3/t11-,12+/m1/s1. The monoisotopic (exact) mass is 200 g/mol. The van der Waals surface area contributed by atoms with Gasteiger partial charge in [-0.25, -0.2) is 0 Å². The van der Waals surface area contributed by atoms with E-state index < -0.39 is 0 Å². The van der Waals surface area contributed by atoms with Crippen LogP contribution in [-0.2, 0) is 9.47 Å². The maximum absolute atomic E-state index is 5.83. The van der Waals surface area contributed by atoms with E-state index in [1.165, 1.54) is 25.7 Å². The quantitative estimate of drug-likeness (QED) is 0.632. The number of ether oxygens (including phenoxy) is 2. The lowest BCUT2D eigenvalue weighted by molar-refractivity contribution is -0.283. The first-order chi connectivity index (χ1) is 6.66. The molecule has 0 saturated carbocycles. The summed E-state index contributed by atoms with van der Waals surface area (Å²) in [6, 6.07) is 0. The predicted octanol–water partition coefficient (Wildman–Crippen LogP) is 3.50. The number of rotatable bonds is 5. The summed E-state index contributed by atoms with van der Waals surface area (Å²) < 4.78 is 11.5. The van der Waals surface area contributed by atoms with E-state index in [4.69, 9.17) is 9.47 Å². The van der Waals surface area contributed by atoms with Crippen LogP contribution >= 0.6 is 0 Å². The average Bonchev–Trinajstić information content (AvgIpc) is 2.12. The Morgan fingerprint density at radius 1 is 1.29 bits per heavy atom. The third-order valence-electron chi connectivity index (χ3n) is 2.87. The Labute approximate surface area is 88.0 Å². The van der Waals surface area contributed by atoms with Gasteiger partial charge in [-0.15, -0.1) is 0 Å². The highest BCUT2D eigenvalue weighted by molar-refractivity contribution is 4.70. The zero-order chi connectivity index (χ0) is 10.4. The Kier molecular flexibility index (Phi) is 4.90. The molecule has 14 heavy (non-hydrogen) atoms. The van der Waals surface area contributed by atoms with Gasteiger partial charge in [0.15, 0.2) is 5.79 Å². The van der Waals surface area contributed by atoms with Gasteiger partial charge in [0.05, 0.1) is 12.7 Å². The summed E-state index contributed by atoms with van der Waals surface area (Å²) in [7, 11) is 0. The van der Waals surface area contributed by atoms with E-state index in [2.05, 4.69) is 20.8 Å². The van der Waals surface area contributed by atoms with Crippen LogP contribution in [0.1, 0.15) is 59.3 Å². The van der Waals surface area contributed by atoms with Gasteiger partial charge in [0.25, 0.3) is 0 Å². The first kappa shape index (κ1) is 12.0. The van der Waals surface area contributed by atoms with Crippen molar-refractivity contribution in [2.75, 3.05) is 6.61 Å². The summed E-state index contributed by atoms with van der Waals surface area (Å²) in [5.41, 5.74) is 0. The van der Waals surface area contributed by atoms with Crippen molar-refractivity contribution in [3.05, 3.63) is 0 Å². The molecule has 1 rings (SSSR count). The predicted molar refractivity (Wildman–Crippen MR) is 58.3 cm³/mol. The maximum atomic E-state index is 5.83. The zero-order valence-corrected chi connectivity index (χ0v) is 9.84. The Morgan fingerprint density at radius 3 is 2.71 bits per heavy atom. The van der Waals surface area contributed by atoms with Crippen LogP contribution in [0.15, 0.2) is 0 Å². The van der Waals surface area contributed by atoms with Gasteiger partial charge < -0.3 is 9.47 Å². The molecule has 2 nitrogen and oxygen atoms in total. The average molecular weight is 200 g/mol. The first-order valence-electron chi connectivity index (χ1n) is 5.98. The van der Waals surface area contributed by atoms with Gasteiger partial charge in [0, 0.05) is 6.42 Å². The summed E-state index contributed by atoms with van der Waals surface area (Å²) in [5.74, 6) is -0.300. The first-order valence-corrected chi connectivity index (χ1v) is 5.98. The number of unbranched alkanes of at least 4 members (excludes halogenated alkanes) is 3. The summed E-state index contributed by atoms with van der Waals surface area (Å²) in [5, 5.41) is 0. The molecule has 1 heterocycles. The molecule has 0 spiro atoms. The van der Waals surface area contributed by atoms with Gasteiger partial charge >= 0.3 is 0 Å². The highest BCUT2D eigenvalue weighted by atomic mass is 16.7. The molecule has 1 aliphatic heterocycles. The van der Waals surface area contributed by atoms with E-state index in [1.807, 2.05) is 0 Å². The fourth-order valence-electron chi connectivity index (χ4n) is 1.96. The molecule has 0 unspecified atom stereocenters. The molecule has 0 bridgehead atoms. The topological polar surface area (TPSA) is 18.5 Å². The minimum Gasteiger partial charge on any atom is -0.350 e. The largest absolute Gasteiger partial charge is 0.350 e. The minimum absolute atomic E-state index is 0.300. The van der Waals surface area contributed by atoms with Crippen LogP contribution in [-0.4, -0.2) is 18.5 Å². The molecule has 1 fully saturated rings. The van der Waals surface area contributed by atoms with Crippen LogP contribution in [0, 0.1) is 0 Å². The zero-order valence-electron chi connectivity index (χ0n) is 9.84. The third-order valence-corrected chi connectivity index (χ3v) is 2.87. The molecule has 2 heteroatoms. The number of hydrogen-bond acceptors (Lipinski definition) is 2. The van der Waals surface area contributed by atoms with Crippen molar-refractivity contribution in [1.82, 2.24) is 0 Å². The second-order valence-electron chi connectivity index (χ2n) is 4.51. The van der Waals surface area contributed by atoms with Crippen molar-refractivity contribution >= 4 is 0 Å². The molecular weight excluding hydrogens is 176 g/mol. The van der Waals surface area contributed by atoms with Gasteiger partial charge in [0.1, 0.15) is 0 Å².